The van der Waals surface area contributed by atoms with E-state index in [4.69, 9.17) is 4.98 Å². The molecule has 19 heavy (non-hydrogen) atoms. The Bertz CT molecular complexity index is 544. The molecule has 0 saturated carbocycles. The lowest BCUT2D eigenvalue weighted by atomic mass is 9.80. The van der Waals surface area contributed by atoms with Crippen LogP contribution in [0.25, 0.3) is 0 Å². The second kappa shape index (κ2) is 5.43. The Morgan fingerprint density at radius 2 is 1.95 bits per heavy atom. The fourth-order valence-electron chi connectivity index (χ4n) is 2.93. The molecule has 1 aliphatic rings. The van der Waals surface area contributed by atoms with Gasteiger partial charge in [-0.1, -0.05) is 29.8 Å². The van der Waals surface area contributed by atoms with Gasteiger partial charge in [0, 0.05) is 23.8 Å². The molecule has 100 valence electrons. The highest BCUT2D eigenvalue weighted by Gasteiger charge is 2.29. The standard InChI is InChI=1S/C16H20N2S/c1-11-3-5-13(6-4-11)15-9-17-8-7-14(15)16-10-19-12(2)18-16/h3-6,10,14-15,17H,7-9H2,1-2H3. The zero-order valence-corrected chi connectivity index (χ0v) is 12.3. The third kappa shape index (κ3) is 2.72. The molecule has 1 aromatic carbocycles. The van der Waals surface area contributed by atoms with Crippen molar-refractivity contribution in [2.45, 2.75) is 32.1 Å². The molecule has 0 spiro atoms. The Hall–Kier alpha value is -1.19. The molecule has 2 nitrogen and oxygen atoms in total. The smallest absolute Gasteiger partial charge is 0.0897 e. The highest BCUT2D eigenvalue weighted by atomic mass is 32.1. The van der Waals surface area contributed by atoms with Crippen molar-refractivity contribution in [2.24, 2.45) is 0 Å². The van der Waals surface area contributed by atoms with E-state index < -0.39 is 0 Å². The summed E-state index contributed by atoms with van der Waals surface area (Å²) in [6, 6.07) is 8.99. The first-order chi connectivity index (χ1) is 9.24. The molecule has 2 unspecified atom stereocenters. The number of piperidine rings is 1. The van der Waals surface area contributed by atoms with Gasteiger partial charge in [0.2, 0.25) is 0 Å². The molecule has 0 amide bonds. The topological polar surface area (TPSA) is 24.9 Å². The average molecular weight is 272 g/mol. The van der Waals surface area contributed by atoms with Gasteiger partial charge < -0.3 is 5.32 Å². The van der Waals surface area contributed by atoms with Gasteiger partial charge in [0.1, 0.15) is 0 Å². The molecule has 3 rings (SSSR count). The maximum atomic E-state index is 4.72. The van der Waals surface area contributed by atoms with Gasteiger partial charge in [-0.15, -0.1) is 11.3 Å². The number of hydrogen-bond acceptors (Lipinski definition) is 3. The van der Waals surface area contributed by atoms with Gasteiger partial charge in [-0.25, -0.2) is 4.98 Å². The summed E-state index contributed by atoms with van der Waals surface area (Å²) in [6.45, 7) is 6.40. The molecule has 0 bridgehead atoms. The van der Waals surface area contributed by atoms with Crippen molar-refractivity contribution in [3.8, 4) is 0 Å². The number of aryl methyl sites for hydroxylation is 2. The maximum Gasteiger partial charge on any atom is 0.0897 e. The van der Waals surface area contributed by atoms with Crippen LogP contribution in [-0.4, -0.2) is 18.1 Å². The molecule has 1 aliphatic heterocycles. The van der Waals surface area contributed by atoms with Gasteiger partial charge in [-0.2, -0.15) is 0 Å². The van der Waals surface area contributed by atoms with Crippen molar-refractivity contribution in [1.82, 2.24) is 10.3 Å². The number of benzene rings is 1. The van der Waals surface area contributed by atoms with Crippen LogP contribution in [0.4, 0.5) is 0 Å². The lowest BCUT2D eigenvalue weighted by Gasteiger charge is -2.31. The fourth-order valence-corrected chi connectivity index (χ4v) is 3.60. The molecule has 3 heteroatoms. The molecular formula is C16H20N2S. The molecule has 2 aromatic rings. The first-order valence-corrected chi connectivity index (χ1v) is 7.81. The molecule has 0 radical (unpaired) electrons. The second-order valence-corrected chi connectivity index (χ2v) is 6.47. The number of rotatable bonds is 2. The fraction of sp³-hybridized carbons (Fsp3) is 0.438. The molecule has 2 atom stereocenters. The van der Waals surface area contributed by atoms with E-state index in [1.807, 2.05) is 0 Å². The minimum Gasteiger partial charge on any atom is -0.316 e. The number of hydrogen-bond donors (Lipinski definition) is 1. The average Bonchev–Trinajstić information content (AvgIpc) is 2.86. The van der Waals surface area contributed by atoms with Gasteiger partial charge in [0.15, 0.2) is 0 Å². The van der Waals surface area contributed by atoms with Crippen LogP contribution in [0.15, 0.2) is 29.6 Å². The van der Waals surface area contributed by atoms with Crippen LogP contribution < -0.4 is 5.32 Å². The van der Waals surface area contributed by atoms with Crippen molar-refractivity contribution >= 4 is 11.3 Å². The number of nitrogens with zero attached hydrogens (tertiary/aromatic N) is 1. The second-order valence-electron chi connectivity index (χ2n) is 5.41. The highest BCUT2D eigenvalue weighted by Crippen LogP contribution is 2.37. The molecule has 1 saturated heterocycles. The van der Waals surface area contributed by atoms with Crippen LogP contribution in [0, 0.1) is 13.8 Å². The van der Waals surface area contributed by atoms with E-state index in [9.17, 15) is 0 Å². The van der Waals surface area contributed by atoms with Crippen molar-refractivity contribution in [3.63, 3.8) is 0 Å². The van der Waals surface area contributed by atoms with E-state index in [2.05, 4.69) is 48.8 Å². The zero-order valence-electron chi connectivity index (χ0n) is 11.5. The minimum atomic E-state index is 0.552. The predicted octanol–water partition coefficient (Wildman–Crippen LogP) is 3.62. The van der Waals surface area contributed by atoms with Gasteiger partial charge in [0.25, 0.3) is 0 Å². The molecule has 1 N–H and O–H groups in total. The highest BCUT2D eigenvalue weighted by molar-refractivity contribution is 7.09. The van der Waals surface area contributed by atoms with Gasteiger partial charge in [-0.3, -0.25) is 0 Å². The lowest BCUT2D eigenvalue weighted by Crippen LogP contribution is -2.34. The number of aromatic nitrogens is 1. The third-order valence-electron chi connectivity index (χ3n) is 4.00. The van der Waals surface area contributed by atoms with Gasteiger partial charge in [0.05, 0.1) is 10.7 Å². The first kappa shape index (κ1) is 12.8. The van der Waals surface area contributed by atoms with E-state index in [0.717, 1.165) is 13.1 Å². The summed E-state index contributed by atoms with van der Waals surface area (Å²) >= 11 is 1.77. The molecule has 1 fully saturated rings. The quantitative estimate of drug-likeness (QED) is 0.903. The van der Waals surface area contributed by atoms with Crippen LogP contribution in [0.5, 0.6) is 0 Å². The lowest BCUT2D eigenvalue weighted by molar-refractivity contribution is 0.399. The van der Waals surface area contributed by atoms with E-state index in [0.29, 0.717) is 11.8 Å². The summed E-state index contributed by atoms with van der Waals surface area (Å²) in [6.07, 6.45) is 1.18. The summed E-state index contributed by atoms with van der Waals surface area (Å²) in [5.41, 5.74) is 4.05. The Labute approximate surface area is 118 Å². The van der Waals surface area contributed by atoms with Crippen molar-refractivity contribution in [2.75, 3.05) is 13.1 Å². The SMILES string of the molecule is Cc1ccc(C2CNCCC2c2csc(C)n2)cc1. The summed E-state index contributed by atoms with van der Waals surface area (Å²) in [4.78, 5) is 4.72. The molecule has 2 heterocycles. The monoisotopic (exact) mass is 272 g/mol. The normalized spacial score (nSPS) is 23.5. The van der Waals surface area contributed by atoms with Crippen LogP contribution in [0.2, 0.25) is 0 Å². The van der Waals surface area contributed by atoms with Crippen LogP contribution in [-0.2, 0) is 0 Å². The Balaban J connectivity index is 1.90. The summed E-state index contributed by atoms with van der Waals surface area (Å²) < 4.78 is 0. The minimum absolute atomic E-state index is 0.552. The molecule has 1 aromatic heterocycles. The summed E-state index contributed by atoms with van der Waals surface area (Å²) in [5, 5.41) is 6.95. The van der Waals surface area contributed by atoms with E-state index in [-0.39, 0.29) is 0 Å². The van der Waals surface area contributed by atoms with E-state index >= 15 is 0 Å². The molecular weight excluding hydrogens is 252 g/mol. The van der Waals surface area contributed by atoms with Crippen LogP contribution in [0.1, 0.15) is 40.1 Å². The molecule has 0 aliphatic carbocycles. The van der Waals surface area contributed by atoms with Gasteiger partial charge in [-0.05, 0) is 32.4 Å². The summed E-state index contributed by atoms with van der Waals surface area (Å²) in [5.74, 6) is 1.12. The van der Waals surface area contributed by atoms with Crippen LogP contribution in [0.3, 0.4) is 0 Å². The number of nitrogens with one attached hydrogen (secondary N) is 1. The third-order valence-corrected chi connectivity index (χ3v) is 4.80. The van der Waals surface area contributed by atoms with Crippen molar-refractivity contribution in [1.29, 1.82) is 0 Å². The Kier molecular flexibility index (Phi) is 3.67. The van der Waals surface area contributed by atoms with E-state index in [1.165, 1.54) is 28.2 Å². The maximum absolute atomic E-state index is 4.72. The zero-order chi connectivity index (χ0) is 13.2. The largest absolute Gasteiger partial charge is 0.316 e. The number of thiazole rings is 1. The van der Waals surface area contributed by atoms with Crippen molar-refractivity contribution < 1.29 is 0 Å². The van der Waals surface area contributed by atoms with Crippen LogP contribution >= 0.6 is 11.3 Å². The predicted molar refractivity (Wildman–Crippen MR) is 81.0 cm³/mol. The Morgan fingerprint density at radius 3 is 2.63 bits per heavy atom. The van der Waals surface area contributed by atoms with Crippen molar-refractivity contribution in [3.05, 3.63) is 51.5 Å². The first-order valence-electron chi connectivity index (χ1n) is 6.93. The van der Waals surface area contributed by atoms with Gasteiger partial charge >= 0.3 is 0 Å². The summed E-state index contributed by atoms with van der Waals surface area (Å²) in [7, 11) is 0. The van der Waals surface area contributed by atoms with E-state index in [1.54, 1.807) is 11.3 Å². The Morgan fingerprint density at radius 1 is 1.16 bits per heavy atom.